The molecular formula is C41H38N2O5. The van der Waals surface area contributed by atoms with Crippen LogP contribution in [0.5, 0.6) is 0 Å². The molecule has 0 fully saturated rings. The zero-order valence-electron chi connectivity index (χ0n) is 26.4. The van der Waals surface area contributed by atoms with E-state index < -0.39 is 6.16 Å². The van der Waals surface area contributed by atoms with E-state index in [1.165, 1.54) is 0 Å². The molecule has 0 spiro atoms. The van der Waals surface area contributed by atoms with Gasteiger partial charge in [-0.3, -0.25) is 0 Å². The van der Waals surface area contributed by atoms with E-state index >= 15 is 0 Å². The van der Waals surface area contributed by atoms with Crippen LogP contribution in [0.3, 0.4) is 0 Å². The Morgan fingerprint density at radius 2 is 1.04 bits per heavy atom. The molecule has 0 aromatic heterocycles. The van der Waals surface area contributed by atoms with E-state index in [0.717, 1.165) is 61.6 Å². The van der Waals surface area contributed by atoms with Crippen LogP contribution in [0, 0.1) is 0 Å². The molecule has 0 aliphatic carbocycles. The summed E-state index contributed by atoms with van der Waals surface area (Å²) in [6.07, 6.45) is -0.912. The van der Waals surface area contributed by atoms with Crippen LogP contribution in [0.4, 0.5) is 27.5 Å². The topological polar surface area (TPSA) is 127 Å². The van der Waals surface area contributed by atoms with Gasteiger partial charge in [-0.05, 0) is 94.3 Å². The summed E-state index contributed by atoms with van der Waals surface area (Å²) in [5, 5.41) is 34.4. The molecule has 0 amide bonds. The Hall–Kier alpha value is -5.89. The highest BCUT2D eigenvalue weighted by atomic mass is 16.6. The lowest BCUT2D eigenvalue weighted by molar-refractivity contribution is 0.137. The van der Waals surface area contributed by atoms with E-state index in [1.54, 1.807) is 0 Å². The summed E-state index contributed by atoms with van der Waals surface area (Å²) in [4.78, 5) is 10.9. The Morgan fingerprint density at radius 3 is 1.54 bits per heavy atom. The number of hydrogen-bond acceptors (Lipinski definition) is 5. The van der Waals surface area contributed by atoms with Crippen molar-refractivity contribution in [3.05, 3.63) is 157 Å². The first-order valence-electron chi connectivity index (χ1n) is 15.7. The number of nitrogen functional groups attached to an aromatic ring is 1. The van der Waals surface area contributed by atoms with Gasteiger partial charge in [-0.15, -0.1) is 0 Å². The SMILES string of the molecule is Nc1ccc(-c2cc(-c3ccccc3)c(N(c3ccccc3)c3ccccc3)c(CCO)c2-c2ccccc2)cc1CCO.O=C(O)O. The Balaban J connectivity index is 0.00000107. The lowest BCUT2D eigenvalue weighted by Crippen LogP contribution is -2.15. The molecule has 6 aromatic carbocycles. The van der Waals surface area contributed by atoms with Gasteiger partial charge in [-0.2, -0.15) is 0 Å². The van der Waals surface area contributed by atoms with Gasteiger partial charge in [0.05, 0.1) is 5.69 Å². The zero-order valence-corrected chi connectivity index (χ0v) is 26.4. The van der Waals surface area contributed by atoms with Crippen LogP contribution in [-0.2, 0) is 12.8 Å². The van der Waals surface area contributed by atoms with Crippen molar-refractivity contribution in [3.63, 3.8) is 0 Å². The van der Waals surface area contributed by atoms with Crippen molar-refractivity contribution < 1.29 is 25.2 Å². The molecule has 0 heterocycles. The molecule has 0 bridgehead atoms. The second-order valence-electron chi connectivity index (χ2n) is 11.1. The minimum Gasteiger partial charge on any atom is -0.450 e. The van der Waals surface area contributed by atoms with Crippen LogP contribution in [0.15, 0.2) is 146 Å². The number of benzene rings is 6. The lowest BCUT2D eigenvalue weighted by atomic mass is 9.83. The second kappa shape index (κ2) is 16.1. The molecule has 6 aromatic rings. The second-order valence-corrected chi connectivity index (χ2v) is 11.1. The van der Waals surface area contributed by atoms with E-state index in [1.807, 2.05) is 30.3 Å². The highest BCUT2D eigenvalue weighted by Crippen LogP contribution is 2.50. The quantitative estimate of drug-likeness (QED) is 0.0948. The number of para-hydroxylation sites is 2. The average molecular weight is 639 g/mol. The van der Waals surface area contributed by atoms with Crippen LogP contribution in [0.2, 0.25) is 0 Å². The van der Waals surface area contributed by atoms with Gasteiger partial charge in [0, 0.05) is 35.8 Å². The van der Waals surface area contributed by atoms with Crippen molar-refractivity contribution in [3.8, 4) is 33.4 Å². The molecule has 7 heteroatoms. The van der Waals surface area contributed by atoms with Gasteiger partial charge in [0.25, 0.3) is 0 Å². The summed E-state index contributed by atoms with van der Waals surface area (Å²) in [7, 11) is 0. The molecule has 0 saturated carbocycles. The fourth-order valence-corrected chi connectivity index (χ4v) is 6.01. The lowest BCUT2D eigenvalue weighted by Gasteiger charge is -2.33. The summed E-state index contributed by atoms with van der Waals surface area (Å²) in [6, 6.07) is 50.0. The van der Waals surface area contributed by atoms with E-state index in [2.05, 4.69) is 120 Å². The van der Waals surface area contributed by atoms with Crippen LogP contribution in [0.25, 0.3) is 33.4 Å². The predicted molar refractivity (Wildman–Crippen MR) is 194 cm³/mol. The number of anilines is 4. The van der Waals surface area contributed by atoms with Gasteiger partial charge in [0.2, 0.25) is 0 Å². The van der Waals surface area contributed by atoms with Crippen molar-refractivity contribution in [2.45, 2.75) is 12.8 Å². The third-order valence-electron chi connectivity index (χ3n) is 8.00. The first-order valence-corrected chi connectivity index (χ1v) is 15.7. The third-order valence-corrected chi connectivity index (χ3v) is 8.00. The molecule has 6 N–H and O–H groups in total. The number of nitrogens with zero attached hydrogens (tertiary/aromatic N) is 1. The van der Waals surface area contributed by atoms with E-state index in [9.17, 15) is 10.2 Å². The number of nitrogens with two attached hydrogens (primary N) is 1. The van der Waals surface area contributed by atoms with E-state index in [4.69, 9.17) is 20.7 Å². The monoisotopic (exact) mass is 638 g/mol. The fourth-order valence-electron chi connectivity index (χ4n) is 6.01. The number of carboxylic acid groups (broad SMARTS) is 2. The Kier molecular flexibility index (Phi) is 11.2. The minimum absolute atomic E-state index is 0.0144. The van der Waals surface area contributed by atoms with Gasteiger partial charge >= 0.3 is 6.16 Å². The molecule has 0 unspecified atom stereocenters. The minimum atomic E-state index is -1.83. The number of aliphatic hydroxyl groups is 2. The summed E-state index contributed by atoms with van der Waals surface area (Å²) >= 11 is 0. The average Bonchev–Trinajstić information content (AvgIpc) is 3.11. The van der Waals surface area contributed by atoms with Crippen LogP contribution in [0.1, 0.15) is 11.1 Å². The fraction of sp³-hybridized carbons (Fsp3) is 0.0976. The van der Waals surface area contributed by atoms with Gasteiger partial charge in [0.15, 0.2) is 0 Å². The van der Waals surface area contributed by atoms with Crippen molar-refractivity contribution in [2.24, 2.45) is 0 Å². The first-order chi connectivity index (χ1) is 23.4. The number of aliphatic hydroxyl groups excluding tert-OH is 2. The molecule has 0 aliphatic heterocycles. The Bertz CT molecular complexity index is 1890. The van der Waals surface area contributed by atoms with Crippen LogP contribution in [-0.4, -0.2) is 39.8 Å². The highest BCUT2D eigenvalue weighted by molar-refractivity contribution is 6.00. The summed E-state index contributed by atoms with van der Waals surface area (Å²) in [6.45, 7) is 0.00566. The molecule has 7 nitrogen and oxygen atoms in total. The van der Waals surface area contributed by atoms with Crippen molar-refractivity contribution in [1.82, 2.24) is 0 Å². The van der Waals surface area contributed by atoms with Crippen molar-refractivity contribution in [2.75, 3.05) is 23.8 Å². The molecule has 0 saturated heterocycles. The van der Waals surface area contributed by atoms with Gasteiger partial charge in [-0.1, -0.05) is 103 Å². The Morgan fingerprint density at radius 1 is 0.562 bits per heavy atom. The van der Waals surface area contributed by atoms with Crippen LogP contribution >= 0.6 is 0 Å². The maximum Gasteiger partial charge on any atom is 0.503 e. The third kappa shape index (κ3) is 7.73. The number of carbonyl (C=O) groups is 1. The van der Waals surface area contributed by atoms with Crippen molar-refractivity contribution >= 4 is 28.9 Å². The van der Waals surface area contributed by atoms with E-state index in [-0.39, 0.29) is 13.2 Å². The molecule has 48 heavy (non-hydrogen) atoms. The predicted octanol–water partition coefficient (Wildman–Crippen LogP) is 9.03. The smallest absolute Gasteiger partial charge is 0.450 e. The van der Waals surface area contributed by atoms with Gasteiger partial charge < -0.3 is 31.1 Å². The first kappa shape index (κ1) is 33.5. The molecular weight excluding hydrogens is 600 g/mol. The Labute approximate surface area is 280 Å². The van der Waals surface area contributed by atoms with Crippen LogP contribution < -0.4 is 10.6 Å². The maximum atomic E-state index is 10.6. The molecule has 0 aliphatic rings. The molecule has 0 radical (unpaired) electrons. The summed E-state index contributed by atoms with van der Waals surface area (Å²) < 4.78 is 0. The van der Waals surface area contributed by atoms with Gasteiger partial charge in [0.1, 0.15) is 0 Å². The zero-order chi connectivity index (χ0) is 33.9. The molecule has 0 atom stereocenters. The molecule has 242 valence electrons. The normalized spacial score (nSPS) is 10.5. The van der Waals surface area contributed by atoms with Gasteiger partial charge in [-0.25, -0.2) is 4.79 Å². The largest absolute Gasteiger partial charge is 0.503 e. The summed E-state index contributed by atoms with van der Waals surface area (Å²) in [5.41, 5.74) is 18.3. The molecule has 6 rings (SSSR count). The number of rotatable bonds is 10. The number of hydrogen-bond donors (Lipinski definition) is 5. The standard InChI is InChI=1S/C40H36N2O2.CH2O3/c41-38-22-21-31(27-32(38)23-25-43)36-28-37(29-13-5-1-6-14-29)40(35(24-26-44)39(36)30-15-7-2-8-16-30)42(33-17-9-3-10-18-33)34-19-11-4-12-20-34;2-1(3)4/h1-22,27-28,43-44H,23-26,41H2;(H2,2,3,4). The van der Waals surface area contributed by atoms with Crippen molar-refractivity contribution in [1.29, 1.82) is 0 Å². The maximum absolute atomic E-state index is 10.6. The summed E-state index contributed by atoms with van der Waals surface area (Å²) in [5.74, 6) is 0. The highest BCUT2D eigenvalue weighted by Gasteiger charge is 2.26. The van der Waals surface area contributed by atoms with E-state index in [0.29, 0.717) is 18.5 Å².